The second-order valence-electron chi connectivity index (χ2n) is 11.9. The number of hydrogen-bond donors (Lipinski definition) is 2. The van der Waals surface area contributed by atoms with Gasteiger partial charge in [-0.1, -0.05) is 49.1 Å². The van der Waals surface area contributed by atoms with Gasteiger partial charge in [-0.3, -0.25) is 0 Å². The fourth-order valence-corrected chi connectivity index (χ4v) is 7.63. The zero-order chi connectivity index (χ0) is 29.9. The molecule has 0 saturated heterocycles. The Morgan fingerprint density at radius 3 is 2.39 bits per heavy atom. The Bertz CT molecular complexity index is 1360. The van der Waals surface area contributed by atoms with E-state index < -0.39 is 33.7 Å². The van der Waals surface area contributed by atoms with Crippen molar-refractivity contribution in [1.29, 1.82) is 0 Å². The third-order valence-electron chi connectivity index (χ3n) is 7.87. The van der Waals surface area contributed by atoms with Crippen LogP contribution in [0.15, 0.2) is 47.4 Å². The van der Waals surface area contributed by atoms with Gasteiger partial charge in [0.2, 0.25) is 10.0 Å². The average Bonchev–Trinajstić information content (AvgIpc) is 2.99. The number of aryl methyl sites for hydroxylation is 1. The van der Waals surface area contributed by atoms with Crippen molar-refractivity contribution < 1.29 is 27.9 Å². The van der Waals surface area contributed by atoms with Crippen LogP contribution in [0, 0.1) is 5.92 Å². The van der Waals surface area contributed by atoms with Crippen LogP contribution >= 0.6 is 11.6 Å². The van der Waals surface area contributed by atoms with E-state index >= 15 is 0 Å². The number of halogens is 1. The number of nitrogens with zero attached hydrogens (tertiary/aromatic N) is 2. The Hall–Kier alpha value is -2.82. The first-order valence-corrected chi connectivity index (χ1v) is 15.9. The molecule has 0 unspecified atom stereocenters. The molecular weight excluding hydrogens is 566 g/mol. The molecule has 2 atom stereocenters. The molecule has 224 valence electrons. The molecule has 2 aliphatic rings. The molecule has 11 heteroatoms. The second-order valence-corrected chi connectivity index (χ2v) is 14.3. The summed E-state index contributed by atoms with van der Waals surface area (Å²) in [6, 6.07) is 11.5. The van der Waals surface area contributed by atoms with Crippen LogP contribution in [0.2, 0.25) is 5.02 Å². The molecule has 1 amide bonds. The van der Waals surface area contributed by atoms with Gasteiger partial charge in [-0.2, -0.15) is 4.31 Å². The minimum Gasteiger partial charge on any atom is -0.480 e. The minimum atomic E-state index is -3.90. The van der Waals surface area contributed by atoms with Gasteiger partial charge in [0.05, 0.1) is 5.69 Å². The van der Waals surface area contributed by atoms with Crippen molar-refractivity contribution in [2.75, 3.05) is 18.5 Å². The van der Waals surface area contributed by atoms with Gasteiger partial charge in [0.1, 0.15) is 16.5 Å². The lowest BCUT2D eigenvalue weighted by atomic mass is 9.83. The first kappa shape index (κ1) is 31.1. The lowest BCUT2D eigenvalue weighted by molar-refractivity contribution is -0.139. The van der Waals surface area contributed by atoms with Crippen LogP contribution in [0.5, 0.6) is 0 Å². The molecule has 0 aromatic heterocycles. The highest BCUT2D eigenvalue weighted by atomic mass is 35.5. The predicted octanol–water partition coefficient (Wildman–Crippen LogP) is 5.97. The molecule has 1 fully saturated rings. The number of likely N-dealkylation sites (N-methyl/N-ethyl adjacent to an activating group) is 1. The molecule has 2 N–H and O–H groups in total. The lowest BCUT2D eigenvalue weighted by Crippen LogP contribution is -2.46. The molecule has 1 aliphatic heterocycles. The highest BCUT2D eigenvalue weighted by molar-refractivity contribution is 7.89. The number of fused-ring (bicyclic) bond motifs is 1. The second kappa shape index (κ2) is 12.6. The first-order valence-electron chi connectivity index (χ1n) is 14.1. The maximum Gasteiger partial charge on any atom is 0.408 e. The normalized spacial score (nSPS) is 20.5. The third-order valence-corrected chi connectivity index (χ3v) is 10.1. The number of para-hydroxylation sites is 1. The van der Waals surface area contributed by atoms with Crippen LogP contribution in [-0.4, -0.2) is 61.2 Å². The number of sulfonamides is 1. The smallest absolute Gasteiger partial charge is 0.408 e. The van der Waals surface area contributed by atoms with E-state index in [0.29, 0.717) is 22.8 Å². The molecule has 4 rings (SSSR count). The number of nitrogens with one attached hydrogen (secondary N) is 1. The lowest BCUT2D eigenvalue weighted by Gasteiger charge is -2.36. The quantitative estimate of drug-likeness (QED) is 0.399. The Kier molecular flexibility index (Phi) is 9.56. The van der Waals surface area contributed by atoms with Crippen LogP contribution in [0.25, 0.3) is 0 Å². The summed E-state index contributed by atoms with van der Waals surface area (Å²) >= 11 is 6.74. The van der Waals surface area contributed by atoms with Gasteiger partial charge in [0.15, 0.2) is 0 Å². The number of rotatable bonds is 7. The van der Waals surface area contributed by atoms with E-state index in [1.165, 1.54) is 10.7 Å². The number of benzene rings is 2. The van der Waals surface area contributed by atoms with Crippen molar-refractivity contribution in [2.45, 2.75) is 88.3 Å². The number of amides is 1. The first-order chi connectivity index (χ1) is 19.3. The summed E-state index contributed by atoms with van der Waals surface area (Å²) in [4.78, 5) is 26.3. The maximum absolute atomic E-state index is 14.1. The molecule has 1 heterocycles. The van der Waals surface area contributed by atoms with Crippen molar-refractivity contribution in [2.24, 2.45) is 5.92 Å². The fraction of sp³-hybridized carbons (Fsp3) is 0.533. The summed E-state index contributed by atoms with van der Waals surface area (Å²) in [5, 5.41) is 12.4. The molecule has 1 saturated carbocycles. The number of aliphatic carboxylic acids is 1. The largest absolute Gasteiger partial charge is 0.480 e. The summed E-state index contributed by atoms with van der Waals surface area (Å²) in [5.74, 6) is -0.978. The van der Waals surface area contributed by atoms with Gasteiger partial charge in [-0.15, -0.1) is 0 Å². The van der Waals surface area contributed by atoms with Gasteiger partial charge >= 0.3 is 12.1 Å². The van der Waals surface area contributed by atoms with E-state index in [9.17, 15) is 23.1 Å². The van der Waals surface area contributed by atoms with E-state index in [-0.39, 0.29) is 29.7 Å². The van der Waals surface area contributed by atoms with Crippen LogP contribution in [0.1, 0.15) is 64.9 Å². The monoisotopic (exact) mass is 605 g/mol. The number of hydrogen-bond acceptors (Lipinski definition) is 6. The van der Waals surface area contributed by atoms with Crippen molar-refractivity contribution in [3.8, 4) is 0 Å². The SMILES string of the molecule is CN1[C@H](C2CCCCC2)CN(c2ccccc2)c2cc(Cl)c(CC[C@H](NC(=O)OC(C)(C)C)C(=O)O)cc2S1(=O)=O. The molecule has 0 bridgehead atoms. The van der Waals surface area contributed by atoms with Crippen LogP contribution in [-0.2, 0) is 26.0 Å². The van der Waals surface area contributed by atoms with Crippen molar-refractivity contribution in [1.82, 2.24) is 9.62 Å². The topological polar surface area (TPSA) is 116 Å². The summed E-state index contributed by atoms with van der Waals surface area (Å²) in [5.41, 5.74) is 1.07. The maximum atomic E-state index is 14.1. The van der Waals surface area contributed by atoms with Crippen molar-refractivity contribution in [3.63, 3.8) is 0 Å². The number of carboxylic acid groups (broad SMARTS) is 1. The van der Waals surface area contributed by atoms with E-state index in [2.05, 4.69) is 5.32 Å². The number of ether oxygens (including phenoxy) is 1. The summed E-state index contributed by atoms with van der Waals surface area (Å²) in [6.07, 6.45) is 4.60. The number of alkyl carbamates (subject to hydrolysis) is 1. The highest BCUT2D eigenvalue weighted by Crippen LogP contribution is 2.42. The van der Waals surface area contributed by atoms with E-state index in [4.69, 9.17) is 16.3 Å². The molecular formula is C30H40ClN3O6S. The van der Waals surface area contributed by atoms with Crippen molar-refractivity contribution in [3.05, 3.63) is 53.1 Å². The summed E-state index contributed by atoms with van der Waals surface area (Å²) < 4.78 is 35.0. The molecule has 9 nitrogen and oxygen atoms in total. The number of anilines is 2. The number of carboxylic acids is 1. The van der Waals surface area contributed by atoms with E-state index in [1.54, 1.807) is 40.0 Å². The van der Waals surface area contributed by atoms with Crippen molar-refractivity contribution >= 4 is 45.1 Å². The molecule has 2 aromatic rings. The van der Waals surface area contributed by atoms with Crippen LogP contribution < -0.4 is 10.2 Å². The average molecular weight is 606 g/mol. The molecule has 0 spiro atoms. The van der Waals surface area contributed by atoms with Gasteiger partial charge in [-0.05, 0) is 82.2 Å². The van der Waals surface area contributed by atoms with Gasteiger partial charge in [0, 0.05) is 30.3 Å². The Labute approximate surface area is 247 Å². The van der Waals surface area contributed by atoms with E-state index in [0.717, 1.165) is 31.4 Å². The Morgan fingerprint density at radius 1 is 1.12 bits per heavy atom. The zero-order valence-corrected chi connectivity index (χ0v) is 25.7. The standard InChI is InChI=1S/C30H40ClN3O6S/c1-30(2,3)40-29(37)32-24(28(35)36)16-15-21-17-27-25(18-23(21)31)34(22-13-9-6-10-14-22)19-26(33(4)41(27,38)39)20-11-7-5-8-12-20/h6,9-10,13-14,17-18,20,24,26H,5,7-8,11-12,15-16,19H2,1-4H3,(H,32,37)(H,35,36)/t24-,26-/m0/s1. The minimum absolute atomic E-state index is 0.00390. The third kappa shape index (κ3) is 7.34. The molecule has 0 radical (unpaired) electrons. The number of carbonyl (C=O) groups excluding carboxylic acids is 1. The van der Waals surface area contributed by atoms with Gasteiger partial charge in [-0.25, -0.2) is 18.0 Å². The molecule has 2 aromatic carbocycles. The van der Waals surface area contributed by atoms with Crippen LogP contribution in [0.3, 0.4) is 0 Å². The molecule has 1 aliphatic carbocycles. The highest BCUT2D eigenvalue weighted by Gasteiger charge is 2.41. The molecule has 41 heavy (non-hydrogen) atoms. The van der Waals surface area contributed by atoms with Gasteiger partial charge < -0.3 is 20.1 Å². The summed E-state index contributed by atoms with van der Waals surface area (Å²) in [7, 11) is -2.24. The zero-order valence-electron chi connectivity index (χ0n) is 24.1. The summed E-state index contributed by atoms with van der Waals surface area (Å²) in [6.45, 7) is 5.56. The van der Waals surface area contributed by atoms with Crippen LogP contribution in [0.4, 0.5) is 16.2 Å². The predicted molar refractivity (Wildman–Crippen MR) is 159 cm³/mol. The number of carbonyl (C=O) groups is 2. The van der Waals surface area contributed by atoms with Gasteiger partial charge in [0.25, 0.3) is 0 Å². The fourth-order valence-electron chi connectivity index (χ4n) is 5.75. The Morgan fingerprint density at radius 2 is 1.78 bits per heavy atom. The van der Waals surface area contributed by atoms with E-state index in [1.807, 2.05) is 35.2 Å². The Balaban J connectivity index is 1.69.